The molecule has 1 aromatic rings. The molecule has 0 amide bonds. The molecule has 5 nitrogen and oxygen atoms in total. The molecule has 0 fully saturated rings. The lowest BCUT2D eigenvalue weighted by Crippen LogP contribution is -2.30. The molecule has 0 unspecified atom stereocenters. The summed E-state index contributed by atoms with van der Waals surface area (Å²) in [5, 5.41) is 10.1. The Hall–Kier alpha value is -1.17. The Morgan fingerprint density at radius 2 is 1.55 bits per heavy atom. The van der Waals surface area contributed by atoms with Gasteiger partial charge in [-0.1, -0.05) is 13.8 Å². The number of methoxy groups -OCH3 is 3. The van der Waals surface area contributed by atoms with Crippen LogP contribution in [0, 0.1) is 5.92 Å². The highest BCUT2D eigenvalue weighted by Crippen LogP contribution is 2.42. The van der Waals surface area contributed by atoms with Crippen LogP contribution >= 0.6 is 12.4 Å². The van der Waals surface area contributed by atoms with Crippen molar-refractivity contribution in [2.24, 2.45) is 11.7 Å². The summed E-state index contributed by atoms with van der Waals surface area (Å²) in [4.78, 5) is 0. The maximum Gasteiger partial charge on any atom is 0.203 e. The first-order valence-corrected chi connectivity index (χ1v) is 6.20. The minimum Gasteiger partial charge on any atom is -0.493 e. The van der Waals surface area contributed by atoms with Gasteiger partial charge in [-0.3, -0.25) is 0 Å². The normalized spacial score (nSPS) is 13.4. The summed E-state index contributed by atoms with van der Waals surface area (Å²) in [5.74, 6) is 1.59. The number of nitrogens with two attached hydrogens (primary N) is 1. The van der Waals surface area contributed by atoms with E-state index in [0.717, 1.165) is 0 Å². The summed E-state index contributed by atoms with van der Waals surface area (Å²) in [6, 6.07) is 3.00. The minimum absolute atomic E-state index is 0. The predicted molar refractivity (Wildman–Crippen MR) is 81.1 cm³/mol. The quantitative estimate of drug-likeness (QED) is 0.842. The fourth-order valence-corrected chi connectivity index (χ4v) is 1.99. The first-order valence-electron chi connectivity index (χ1n) is 6.20. The third kappa shape index (κ3) is 3.69. The molecule has 0 radical (unpaired) electrons. The smallest absolute Gasteiger partial charge is 0.203 e. The molecule has 0 aliphatic rings. The molecule has 1 aromatic carbocycles. The number of hydrogen-bond acceptors (Lipinski definition) is 5. The standard InChI is InChI=1S/C14H23NO4.ClH/c1-8(2)12(16)11(15)9-6-7-10(17-3)14(19-5)13(9)18-4;/h6-8,11-12,16H,15H2,1-5H3;1H/t11-,12+;/m0./s1. The highest BCUT2D eigenvalue weighted by Gasteiger charge is 2.26. The molecule has 1 rings (SSSR count). The third-order valence-corrected chi connectivity index (χ3v) is 3.14. The average molecular weight is 306 g/mol. The second kappa shape index (κ2) is 8.19. The number of hydrogen-bond donors (Lipinski definition) is 2. The Kier molecular flexibility index (Phi) is 7.71. The largest absolute Gasteiger partial charge is 0.493 e. The van der Waals surface area contributed by atoms with Gasteiger partial charge in [0.05, 0.1) is 33.5 Å². The Balaban J connectivity index is 0.00000361. The van der Waals surface area contributed by atoms with Gasteiger partial charge >= 0.3 is 0 Å². The summed E-state index contributed by atoms with van der Waals surface area (Å²) in [5.41, 5.74) is 6.80. The summed E-state index contributed by atoms with van der Waals surface area (Å²) in [6.45, 7) is 3.83. The second-order valence-electron chi connectivity index (χ2n) is 4.68. The van der Waals surface area contributed by atoms with Crippen LogP contribution in [0.15, 0.2) is 12.1 Å². The highest BCUT2D eigenvalue weighted by atomic mass is 35.5. The van der Waals surface area contributed by atoms with Gasteiger partial charge in [0.2, 0.25) is 5.75 Å². The number of benzene rings is 1. The molecule has 0 aliphatic heterocycles. The molecular formula is C14H24ClNO4. The summed E-state index contributed by atoms with van der Waals surface area (Å²) in [6.07, 6.45) is -0.660. The van der Waals surface area contributed by atoms with E-state index < -0.39 is 12.1 Å². The Labute approximate surface area is 126 Å². The van der Waals surface area contributed by atoms with Crippen LogP contribution < -0.4 is 19.9 Å². The fourth-order valence-electron chi connectivity index (χ4n) is 1.99. The maximum absolute atomic E-state index is 10.1. The predicted octanol–water partition coefficient (Wildman–Crippen LogP) is 2.15. The van der Waals surface area contributed by atoms with Crippen molar-refractivity contribution >= 4 is 12.4 Å². The van der Waals surface area contributed by atoms with Crippen LogP contribution in [0.4, 0.5) is 0 Å². The van der Waals surface area contributed by atoms with E-state index in [1.807, 2.05) is 13.8 Å². The lowest BCUT2D eigenvalue weighted by atomic mass is 9.93. The van der Waals surface area contributed by atoms with Crippen LogP contribution in [-0.4, -0.2) is 32.5 Å². The molecule has 0 bridgehead atoms. The van der Waals surface area contributed by atoms with Crippen molar-refractivity contribution in [3.63, 3.8) is 0 Å². The van der Waals surface area contributed by atoms with Gasteiger partial charge in [-0.2, -0.15) is 0 Å². The van der Waals surface area contributed by atoms with Crippen molar-refractivity contribution < 1.29 is 19.3 Å². The molecule has 116 valence electrons. The van der Waals surface area contributed by atoms with Gasteiger partial charge in [0.1, 0.15) is 0 Å². The Bertz CT molecular complexity index is 426. The topological polar surface area (TPSA) is 73.9 Å². The van der Waals surface area contributed by atoms with Crippen LogP contribution in [0.25, 0.3) is 0 Å². The van der Waals surface area contributed by atoms with Crippen molar-refractivity contribution in [3.05, 3.63) is 17.7 Å². The molecule has 2 atom stereocenters. The minimum atomic E-state index is -0.660. The number of aliphatic hydroxyl groups excluding tert-OH is 1. The molecule has 0 aliphatic carbocycles. The third-order valence-electron chi connectivity index (χ3n) is 3.14. The van der Waals surface area contributed by atoms with Crippen LogP contribution in [0.5, 0.6) is 17.2 Å². The van der Waals surface area contributed by atoms with Gasteiger partial charge in [0.15, 0.2) is 11.5 Å². The van der Waals surface area contributed by atoms with Crippen LogP contribution in [0.2, 0.25) is 0 Å². The molecule has 3 N–H and O–H groups in total. The zero-order valence-electron chi connectivity index (χ0n) is 12.5. The van der Waals surface area contributed by atoms with Gasteiger partial charge in [0, 0.05) is 5.56 Å². The average Bonchev–Trinajstić information content (AvgIpc) is 2.43. The number of rotatable bonds is 6. The number of ether oxygens (including phenoxy) is 3. The van der Waals surface area contributed by atoms with E-state index in [1.165, 1.54) is 14.2 Å². The molecular weight excluding hydrogens is 282 g/mol. The lowest BCUT2D eigenvalue weighted by molar-refractivity contribution is 0.0967. The SMILES string of the molecule is COc1ccc([C@H](N)[C@H](O)C(C)C)c(OC)c1OC.Cl. The van der Waals surface area contributed by atoms with Crippen LogP contribution in [0.1, 0.15) is 25.5 Å². The zero-order chi connectivity index (χ0) is 14.6. The van der Waals surface area contributed by atoms with E-state index in [4.69, 9.17) is 19.9 Å². The monoisotopic (exact) mass is 305 g/mol. The van der Waals surface area contributed by atoms with E-state index in [2.05, 4.69) is 0 Å². The van der Waals surface area contributed by atoms with Crippen molar-refractivity contribution in [2.75, 3.05) is 21.3 Å². The molecule has 20 heavy (non-hydrogen) atoms. The van der Waals surface area contributed by atoms with Gasteiger partial charge in [0.25, 0.3) is 0 Å². The highest BCUT2D eigenvalue weighted by molar-refractivity contribution is 5.85. The van der Waals surface area contributed by atoms with E-state index in [1.54, 1.807) is 19.2 Å². The molecule has 0 spiro atoms. The molecule has 0 heterocycles. The van der Waals surface area contributed by atoms with Crippen molar-refractivity contribution in [3.8, 4) is 17.2 Å². The van der Waals surface area contributed by atoms with Gasteiger partial charge in [-0.05, 0) is 18.1 Å². The summed E-state index contributed by atoms with van der Waals surface area (Å²) >= 11 is 0. The van der Waals surface area contributed by atoms with Crippen molar-refractivity contribution in [1.29, 1.82) is 0 Å². The van der Waals surface area contributed by atoms with E-state index >= 15 is 0 Å². The number of aliphatic hydroxyl groups is 1. The lowest BCUT2D eigenvalue weighted by Gasteiger charge is -2.25. The fraction of sp³-hybridized carbons (Fsp3) is 0.571. The zero-order valence-corrected chi connectivity index (χ0v) is 13.4. The van der Waals surface area contributed by atoms with Gasteiger partial charge in [-0.15, -0.1) is 12.4 Å². The molecule has 6 heteroatoms. The van der Waals surface area contributed by atoms with Gasteiger partial charge < -0.3 is 25.1 Å². The molecule has 0 aromatic heterocycles. The van der Waals surface area contributed by atoms with E-state index in [-0.39, 0.29) is 18.3 Å². The molecule has 0 saturated heterocycles. The Morgan fingerprint density at radius 3 is 1.95 bits per heavy atom. The molecule has 0 saturated carbocycles. The van der Waals surface area contributed by atoms with Crippen LogP contribution in [-0.2, 0) is 0 Å². The van der Waals surface area contributed by atoms with Crippen LogP contribution in [0.3, 0.4) is 0 Å². The first kappa shape index (κ1) is 18.8. The first-order chi connectivity index (χ1) is 8.97. The number of halogens is 1. The maximum atomic E-state index is 10.1. The summed E-state index contributed by atoms with van der Waals surface area (Å²) in [7, 11) is 4.63. The van der Waals surface area contributed by atoms with Crippen molar-refractivity contribution in [1.82, 2.24) is 0 Å². The Morgan fingerprint density at radius 1 is 1.00 bits per heavy atom. The van der Waals surface area contributed by atoms with Crippen molar-refractivity contribution in [2.45, 2.75) is 26.0 Å². The van der Waals surface area contributed by atoms with E-state index in [9.17, 15) is 5.11 Å². The van der Waals surface area contributed by atoms with Gasteiger partial charge in [-0.25, -0.2) is 0 Å². The summed E-state index contributed by atoms with van der Waals surface area (Å²) < 4.78 is 15.9. The second-order valence-corrected chi connectivity index (χ2v) is 4.68. The van der Waals surface area contributed by atoms with E-state index in [0.29, 0.717) is 22.8 Å².